The minimum absolute atomic E-state index is 0.262. The number of hydrogen-bond donors (Lipinski definition) is 2. The summed E-state index contributed by atoms with van der Waals surface area (Å²) in [5.74, 6) is -0.586. The standard InChI is InChI=1S/C19H16FN3O/c20-15-7-4-8-16(11-15)23-17-9-10-21-18(12-17)19(24)22-13-14-5-2-1-3-6-14/h1-12H,13H2,(H,21,23)(H,22,24). The van der Waals surface area contributed by atoms with E-state index in [0.29, 0.717) is 23.6 Å². The Balaban J connectivity index is 1.67. The zero-order chi connectivity index (χ0) is 16.8. The van der Waals surface area contributed by atoms with Crippen molar-refractivity contribution in [3.63, 3.8) is 0 Å². The Morgan fingerprint density at radius 1 is 0.958 bits per heavy atom. The van der Waals surface area contributed by atoms with Crippen molar-refractivity contribution in [1.82, 2.24) is 10.3 Å². The number of hydrogen-bond acceptors (Lipinski definition) is 3. The van der Waals surface area contributed by atoms with Crippen LogP contribution in [-0.4, -0.2) is 10.9 Å². The summed E-state index contributed by atoms with van der Waals surface area (Å²) >= 11 is 0. The van der Waals surface area contributed by atoms with Crippen molar-refractivity contribution in [3.05, 3.63) is 90.0 Å². The summed E-state index contributed by atoms with van der Waals surface area (Å²) in [7, 11) is 0. The van der Waals surface area contributed by atoms with E-state index in [-0.39, 0.29) is 11.7 Å². The highest BCUT2D eigenvalue weighted by molar-refractivity contribution is 5.93. The Morgan fingerprint density at radius 3 is 2.54 bits per heavy atom. The molecular weight excluding hydrogens is 305 g/mol. The first-order chi connectivity index (χ1) is 11.7. The quantitative estimate of drug-likeness (QED) is 0.749. The molecule has 0 aliphatic rings. The van der Waals surface area contributed by atoms with Gasteiger partial charge in [0.2, 0.25) is 0 Å². The first kappa shape index (κ1) is 15.7. The van der Waals surface area contributed by atoms with Crippen LogP contribution in [0.1, 0.15) is 16.1 Å². The van der Waals surface area contributed by atoms with E-state index in [1.807, 2.05) is 30.3 Å². The van der Waals surface area contributed by atoms with Crippen LogP contribution in [0, 0.1) is 5.82 Å². The molecule has 24 heavy (non-hydrogen) atoms. The second-order valence-corrected chi connectivity index (χ2v) is 5.23. The van der Waals surface area contributed by atoms with Gasteiger partial charge in [-0.15, -0.1) is 0 Å². The zero-order valence-corrected chi connectivity index (χ0v) is 12.9. The van der Waals surface area contributed by atoms with Gasteiger partial charge >= 0.3 is 0 Å². The van der Waals surface area contributed by atoms with Crippen LogP contribution in [0.25, 0.3) is 0 Å². The van der Waals surface area contributed by atoms with Crippen molar-refractivity contribution in [1.29, 1.82) is 0 Å². The van der Waals surface area contributed by atoms with Crippen LogP contribution in [-0.2, 0) is 6.54 Å². The SMILES string of the molecule is O=C(NCc1ccccc1)c1cc(Nc2cccc(F)c2)ccn1. The van der Waals surface area contributed by atoms with Gasteiger partial charge in [0.15, 0.2) is 0 Å². The van der Waals surface area contributed by atoms with Crippen LogP contribution in [0.3, 0.4) is 0 Å². The molecule has 0 unspecified atom stereocenters. The number of carbonyl (C=O) groups excluding carboxylic acids is 1. The molecule has 0 spiro atoms. The van der Waals surface area contributed by atoms with Crippen LogP contribution in [0.4, 0.5) is 15.8 Å². The van der Waals surface area contributed by atoms with Gasteiger partial charge in [-0.25, -0.2) is 4.39 Å². The van der Waals surface area contributed by atoms with Gasteiger partial charge in [0.05, 0.1) is 0 Å². The molecule has 0 atom stereocenters. The fourth-order valence-electron chi connectivity index (χ4n) is 2.23. The molecule has 0 fully saturated rings. The van der Waals surface area contributed by atoms with Crippen LogP contribution in [0.5, 0.6) is 0 Å². The third kappa shape index (κ3) is 4.16. The molecule has 0 aliphatic heterocycles. The van der Waals surface area contributed by atoms with Crippen molar-refractivity contribution < 1.29 is 9.18 Å². The van der Waals surface area contributed by atoms with Gasteiger partial charge < -0.3 is 10.6 Å². The number of carbonyl (C=O) groups is 1. The number of anilines is 2. The molecule has 3 aromatic rings. The van der Waals surface area contributed by atoms with E-state index in [1.54, 1.807) is 30.5 Å². The monoisotopic (exact) mass is 321 g/mol. The molecule has 2 aromatic carbocycles. The minimum atomic E-state index is -0.324. The topological polar surface area (TPSA) is 54.0 Å². The molecular formula is C19H16FN3O. The van der Waals surface area contributed by atoms with Crippen LogP contribution in [0.2, 0.25) is 0 Å². The van der Waals surface area contributed by atoms with Crippen molar-refractivity contribution >= 4 is 17.3 Å². The molecule has 1 aromatic heterocycles. The van der Waals surface area contributed by atoms with E-state index in [0.717, 1.165) is 5.56 Å². The predicted octanol–water partition coefficient (Wildman–Crippen LogP) is 3.89. The molecule has 1 heterocycles. The highest BCUT2D eigenvalue weighted by Crippen LogP contribution is 2.17. The molecule has 4 nitrogen and oxygen atoms in total. The van der Waals surface area contributed by atoms with Gasteiger partial charge in [0.1, 0.15) is 11.5 Å². The van der Waals surface area contributed by atoms with Crippen molar-refractivity contribution in [2.24, 2.45) is 0 Å². The second-order valence-electron chi connectivity index (χ2n) is 5.23. The molecule has 0 saturated carbocycles. The molecule has 2 N–H and O–H groups in total. The number of rotatable bonds is 5. The van der Waals surface area contributed by atoms with E-state index in [1.165, 1.54) is 12.1 Å². The Labute approximate surface area is 139 Å². The van der Waals surface area contributed by atoms with Crippen molar-refractivity contribution in [2.45, 2.75) is 6.54 Å². The maximum atomic E-state index is 13.2. The normalized spacial score (nSPS) is 10.2. The smallest absolute Gasteiger partial charge is 0.270 e. The van der Waals surface area contributed by atoms with E-state index in [9.17, 15) is 9.18 Å². The molecule has 0 bridgehead atoms. The maximum absolute atomic E-state index is 13.2. The van der Waals surface area contributed by atoms with Crippen LogP contribution >= 0.6 is 0 Å². The molecule has 120 valence electrons. The summed E-state index contributed by atoms with van der Waals surface area (Å²) in [6.07, 6.45) is 1.54. The third-order valence-electron chi connectivity index (χ3n) is 3.40. The number of nitrogens with one attached hydrogen (secondary N) is 2. The van der Waals surface area contributed by atoms with Gasteiger partial charge in [0, 0.05) is 24.1 Å². The number of nitrogens with zero attached hydrogens (tertiary/aromatic N) is 1. The highest BCUT2D eigenvalue weighted by Gasteiger charge is 2.08. The first-order valence-corrected chi connectivity index (χ1v) is 7.51. The summed E-state index contributed by atoms with van der Waals surface area (Å²) in [6, 6.07) is 19.1. The van der Waals surface area contributed by atoms with E-state index in [4.69, 9.17) is 0 Å². The lowest BCUT2D eigenvalue weighted by molar-refractivity contribution is 0.0946. The lowest BCUT2D eigenvalue weighted by atomic mass is 10.2. The lowest BCUT2D eigenvalue weighted by Gasteiger charge is -2.09. The number of pyridine rings is 1. The van der Waals surface area contributed by atoms with E-state index < -0.39 is 0 Å². The zero-order valence-electron chi connectivity index (χ0n) is 12.9. The fourth-order valence-corrected chi connectivity index (χ4v) is 2.23. The van der Waals surface area contributed by atoms with Gasteiger partial charge in [-0.1, -0.05) is 36.4 Å². The second kappa shape index (κ2) is 7.37. The first-order valence-electron chi connectivity index (χ1n) is 7.51. The third-order valence-corrected chi connectivity index (χ3v) is 3.40. The van der Waals surface area contributed by atoms with Crippen molar-refractivity contribution in [2.75, 3.05) is 5.32 Å². The number of halogens is 1. The van der Waals surface area contributed by atoms with E-state index >= 15 is 0 Å². The van der Waals surface area contributed by atoms with Gasteiger partial charge in [-0.05, 0) is 35.9 Å². The van der Waals surface area contributed by atoms with Gasteiger partial charge in [-0.2, -0.15) is 0 Å². The molecule has 3 rings (SSSR count). The Kier molecular flexibility index (Phi) is 4.81. The lowest BCUT2D eigenvalue weighted by Crippen LogP contribution is -2.23. The van der Waals surface area contributed by atoms with Crippen LogP contribution < -0.4 is 10.6 Å². The predicted molar refractivity (Wildman–Crippen MR) is 91.5 cm³/mol. The summed E-state index contributed by atoms with van der Waals surface area (Å²) in [5.41, 5.74) is 2.59. The molecule has 5 heteroatoms. The fraction of sp³-hybridized carbons (Fsp3) is 0.0526. The van der Waals surface area contributed by atoms with Gasteiger partial charge in [-0.3, -0.25) is 9.78 Å². The average molecular weight is 321 g/mol. The molecule has 1 amide bonds. The Morgan fingerprint density at radius 2 is 1.75 bits per heavy atom. The van der Waals surface area contributed by atoms with E-state index in [2.05, 4.69) is 15.6 Å². The number of aromatic nitrogens is 1. The summed E-state index contributed by atoms with van der Waals surface area (Å²) in [5, 5.41) is 5.88. The number of amides is 1. The van der Waals surface area contributed by atoms with Gasteiger partial charge in [0.25, 0.3) is 5.91 Å². The molecule has 0 radical (unpaired) electrons. The number of benzene rings is 2. The summed E-state index contributed by atoms with van der Waals surface area (Å²) < 4.78 is 13.2. The van der Waals surface area contributed by atoms with Crippen molar-refractivity contribution in [3.8, 4) is 0 Å². The summed E-state index contributed by atoms with van der Waals surface area (Å²) in [6.45, 7) is 0.433. The van der Waals surface area contributed by atoms with Crippen LogP contribution in [0.15, 0.2) is 72.9 Å². The minimum Gasteiger partial charge on any atom is -0.355 e. The Hall–Kier alpha value is -3.21. The maximum Gasteiger partial charge on any atom is 0.270 e. The largest absolute Gasteiger partial charge is 0.355 e. The summed E-state index contributed by atoms with van der Waals surface area (Å²) in [4.78, 5) is 16.3. The molecule has 0 saturated heterocycles. The highest BCUT2D eigenvalue weighted by atomic mass is 19.1. The Bertz CT molecular complexity index is 837. The average Bonchev–Trinajstić information content (AvgIpc) is 2.61. The molecule has 0 aliphatic carbocycles.